The van der Waals surface area contributed by atoms with Gasteiger partial charge in [0.05, 0.1) is 10.4 Å². The molecule has 0 atom stereocenters. The molecule has 1 heterocycles. The predicted molar refractivity (Wildman–Crippen MR) is 96.0 cm³/mol. The summed E-state index contributed by atoms with van der Waals surface area (Å²) in [5.41, 5.74) is 3.20. The van der Waals surface area contributed by atoms with Crippen LogP contribution in [0.5, 0.6) is 0 Å². The van der Waals surface area contributed by atoms with Crippen LogP contribution < -0.4 is 5.32 Å². The normalized spacial score (nSPS) is 11.6. The Kier molecular flexibility index (Phi) is 4.49. The second-order valence-electron chi connectivity index (χ2n) is 5.84. The van der Waals surface area contributed by atoms with Crippen LogP contribution in [-0.4, -0.2) is 31.2 Å². The van der Waals surface area contributed by atoms with Gasteiger partial charge < -0.3 is 5.32 Å². The average Bonchev–Trinajstić information content (AvgIpc) is 2.54. The molecule has 2 aromatic carbocycles. The maximum Gasteiger partial charge on any atom is 0.175 e. The number of aromatic nitrogens is 2. The first-order valence-corrected chi connectivity index (χ1v) is 9.57. The molecule has 0 saturated carbocycles. The summed E-state index contributed by atoms with van der Waals surface area (Å²) in [6.45, 7) is 2.78. The van der Waals surface area contributed by atoms with Gasteiger partial charge in [-0.05, 0) is 37.1 Å². The number of anilines is 1. The second-order valence-corrected chi connectivity index (χ2v) is 7.85. The minimum atomic E-state index is -3.26. The van der Waals surface area contributed by atoms with Crippen molar-refractivity contribution in [1.29, 1.82) is 0 Å². The number of nitrogens with zero attached hydrogens (tertiary/aromatic N) is 2. The maximum atomic E-state index is 11.8. The average molecular weight is 341 g/mol. The molecule has 24 heavy (non-hydrogen) atoms. The van der Waals surface area contributed by atoms with Crippen LogP contribution in [0.2, 0.25) is 0 Å². The summed E-state index contributed by atoms with van der Waals surface area (Å²) in [5, 5.41) is 4.00. The first-order chi connectivity index (χ1) is 11.4. The Morgan fingerprint density at radius 1 is 1.08 bits per heavy atom. The van der Waals surface area contributed by atoms with E-state index in [0.29, 0.717) is 17.7 Å². The van der Waals surface area contributed by atoms with E-state index >= 15 is 0 Å². The molecule has 1 aromatic heterocycles. The molecule has 0 aliphatic heterocycles. The molecule has 0 aliphatic rings. The van der Waals surface area contributed by atoms with E-state index in [1.54, 1.807) is 18.2 Å². The van der Waals surface area contributed by atoms with Crippen molar-refractivity contribution in [3.8, 4) is 0 Å². The molecule has 3 aromatic rings. The zero-order chi connectivity index (χ0) is 17.2. The van der Waals surface area contributed by atoms with Gasteiger partial charge in [0.1, 0.15) is 12.1 Å². The van der Waals surface area contributed by atoms with Gasteiger partial charge in [-0.2, -0.15) is 0 Å². The number of rotatable bonds is 5. The summed E-state index contributed by atoms with van der Waals surface area (Å²) in [6.07, 6.45) is 3.54. The second kappa shape index (κ2) is 6.57. The van der Waals surface area contributed by atoms with Gasteiger partial charge in [-0.1, -0.05) is 29.8 Å². The zero-order valence-corrected chi connectivity index (χ0v) is 14.5. The van der Waals surface area contributed by atoms with Crippen molar-refractivity contribution in [1.82, 2.24) is 9.97 Å². The van der Waals surface area contributed by atoms with Crippen molar-refractivity contribution < 1.29 is 8.42 Å². The van der Waals surface area contributed by atoms with Crippen molar-refractivity contribution in [2.75, 3.05) is 18.1 Å². The molecular formula is C18H19N3O2S. The molecule has 1 N–H and O–H groups in total. The van der Waals surface area contributed by atoms with Gasteiger partial charge in [-0.25, -0.2) is 18.4 Å². The summed E-state index contributed by atoms with van der Waals surface area (Å²) < 4.78 is 23.5. The molecule has 0 unspecified atom stereocenters. The third kappa shape index (κ3) is 3.71. The molecule has 0 aliphatic carbocycles. The number of hydrogen-bond acceptors (Lipinski definition) is 5. The number of hydrogen-bond donors (Lipinski definition) is 1. The van der Waals surface area contributed by atoms with E-state index in [9.17, 15) is 8.42 Å². The van der Waals surface area contributed by atoms with Crippen molar-refractivity contribution in [3.63, 3.8) is 0 Å². The summed E-state index contributed by atoms with van der Waals surface area (Å²) in [7, 11) is -3.26. The molecule has 5 nitrogen and oxygen atoms in total. The molecular weight excluding hydrogens is 322 g/mol. The Balaban J connectivity index is 1.83. The lowest BCUT2D eigenvalue weighted by Gasteiger charge is -2.09. The van der Waals surface area contributed by atoms with Gasteiger partial charge in [-0.15, -0.1) is 0 Å². The molecule has 6 heteroatoms. The van der Waals surface area contributed by atoms with Gasteiger partial charge in [0.15, 0.2) is 9.84 Å². The predicted octanol–water partition coefficient (Wildman–Crippen LogP) is 3.00. The highest BCUT2D eigenvalue weighted by atomic mass is 32.2. The summed E-state index contributed by atoms with van der Waals surface area (Å²) in [5.74, 6) is 0.651. The van der Waals surface area contributed by atoms with Crippen LogP contribution in [0, 0.1) is 6.92 Å². The van der Waals surface area contributed by atoms with E-state index in [-0.39, 0.29) is 4.90 Å². The quantitative estimate of drug-likeness (QED) is 0.772. The first-order valence-electron chi connectivity index (χ1n) is 7.68. The smallest absolute Gasteiger partial charge is 0.175 e. The summed E-state index contributed by atoms with van der Waals surface area (Å²) in [6, 6.07) is 13.3. The zero-order valence-electron chi connectivity index (χ0n) is 13.7. The number of benzene rings is 2. The van der Waals surface area contributed by atoms with Crippen molar-refractivity contribution in [2.24, 2.45) is 0 Å². The first kappa shape index (κ1) is 16.4. The fourth-order valence-corrected chi connectivity index (χ4v) is 3.25. The van der Waals surface area contributed by atoms with Crippen LogP contribution in [0.15, 0.2) is 53.7 Å². The molecule has 0 bridgehead atoms. The Morgan fingerprint density at radius 2 is 1.92 bits per heavy atom. The molecule has 0 saturated heterocycles. The largest absolute Gasteiger partial charge is 0.369 e. The lowest BCUT2D eigenvalue weighted by atomic mass is 10.1. The number of fused-ring (bicyclic) bond motifs is 1. The molecule has 0 fully saturated rings. The van der Waals surface area contributed by atoms with Crippen molar-refractivity contribution >= 4 is 26.6 Å². The van der Waals surface area contributed by atoms with Crippen LogP contribution in [0.4, 0.5) is 5.82 Å². The van der Waals surface area contributed by atoms with Crippen LogP contribution in [0.3, 0.4) is 0 Å². The van der Waals surface area contributed by atoms with E-state index in [1.165, 1.54) is 23.7 Å². The Bertz CT molecular complexity index is 984. The standard InChI is InChI=1S/C18H19N3O2S/c1-13-4-3-5-14(10-13)8-9-19-18-16-11-15(24(2,22)23)6-7-17(16)20-12-21-18/h3-7,10-12H,8-9H2,1-2H3,(H,19,20,21). The van der Waals surface area contributed by atoms with E-state index in [0.717, 1.165) is 11.9 Å². The Labute approximate surface area is 141 Å². The van der Waals surface area contributed by atoms with Gasteiger partial charge in [-0.3, -0.25) is 0 Å². The number of aryl methyl sites for hydroxylation is 1. The SMILES string of the molecule is Cc1cccc(CCNc2ncnc3ccc(S(C)(=O)=O)cc23)c1. The van der Waals surface area contributed by atoms with E-state index < -0.39 is 9.84 Å². The Morgan fingerprint density at radius 3 is 2.67 bits per heavy atom. The monoisotopic (exact) mass is 341 g/mol. The van der Waals surface area contributed by atoms with E-state index in [1.807, 2.05) is 6.07 Å². The molecule has 0 radical (unpaired) electrons. The van der Waals surface area contributed by atoms with Crippen molar-refractivity contribution in [2.45, 2.75) is 18.2 Å². The van der Waals surface area contributed by atoms with Gasteiger partial charge in [0, 0.05) is 18.2 Å². The minimum absolute atomic E-state index is 0.270. The lowest BCUT2D eigenvalue weighted by Crippen LogP contribution is -2.07. The number of sulfone groups is 1. The summed E-state index contributed by atoms with van der Waals surface area (Å²) in [4.78, 5) is 8.73. The van der Waals surface area contributed by atoms with Gasteiger partial charge >= 0.3 is 0 Å². The van der Waals surface area contributed by atoms with Crippen LogP contribution >= 0.6 is 0 Å². The van der Waals surface area contributed by atoms with Crippen LogP contribution in [-0.2, 0) is 16.3 Å². The minimum Gasteiger partial charge on any atom is -0.369 e. The summed E-state index contributed by atoms with van der Waals surface area (Å²) >= 11 is 0. The molecule has 0 amide bonds. The highest BCUT2D eigenvalue weighted by Gasteiger charge is 2.10. The fourth-order valence-electron chi connectivity index (χ4n) is 2.60. The lowest BCUT2D eigenvalue weighted by molar-refractivity contribution is 0.602. The third-order valence-electron chi connectivity index (χ3n) is 3.82. The number of nitrogens with one attached hydrogen (secondary N) is 1. The maximum absolute atomic E-state index is 11.8. The van der Waals surface area contributed by atoms with E-state index in [2.05, 4.69) is 40.4 Å². The molecule has 124 valence electrons. The molecule has 3 rings (SSSR count). The van der Waals surface area contributed by atoms with E-state index in [4.69, 9.17) is 0 Å². The van der Waals surface area contributed by atoms with Gasteiger partial charge in [0.2, 0.25) is 0 Å². The van der Waals surface area contributed by atoms with Crippen LogP contribution in [0.25, 0.3) is 10.9 Å². The highest BCUT2D eigenvalue weighted by Crippen LogP contribution is 2.23. The van der Waals surface area contributed by atoms with Crippen LogP contribution in [0.1, 0.15) is 11.1 Å². The van der Waals surface area contributed by atoms with Gasteiger partial charge in [0.25, 0.3) is 0 Å². The highest BCUT2D eigenvalue weighted by molar-refractivity contribution is 7.90. The molecule has 0 spiro atoms. The topological polar surface area (TPSA) is 72.0 Å². The fraction of sp³-hybridized carbons (Fsp3) is 0.222. The third-order valence-corrected chi connectivity index (χ3v) is 4.93. The van der Waals surface area contributed by atoms with Crippen molar-refractivity contribution in [3.05, 3.63) is 59.9 Å². The Hall–Kier alpha value is -2.47.